The average Bonchev–Trinajstić information content (AvgIpc) is 2.34. The first kappa shape index (κ1) is 14.0. The molecule has 5 heteroatoms. The molecule has 0 aromatic heterocycles. The van der Waals surface area contributed by atoms with Crippen molar-refractivity contribution < 1.29 is 14.3 Å². The van der Waals surface area contributed by atoms with Crippen LogP contribution in [-0.2, 0) is 4.74 Å². The van der Waals surface area contributed by atoms with Crippen LogP contribution in [0.5, 0.6) is 5.75 Å². The Balaban J connectivity index is 2.62. The third-order valence-corrected chi connectivity index (χ3v) is 2.64. The van der Waals surface area contributed by atoms with Crippen LogP contribution in [-0.4, -0.2) is 32.8 Å². The van der Waals surface area contributed by atoms with E-state index in [1.165, 1.54) is 0 Å². The normalized spacial score (nSPS) is 10.1. The van der Waals surface area contributed by atoms with Crippen LogP contribution in [0.3, 0.4) is 0 Å². The number of halogens is 1. The summed E-state index contributed by atoms with van der Waals surface area (Å²) in [5.41, 5.74) is 0.521. The molecule has 17 heavy (non-hydrogen) atoms. The van der Waals surface area contributed by atoms with Crippen LogP contribution in [0.1, 0.15) is 17.3 Å². The summed E-state index contributed by atoms with van der Waals surface area (Å²) in [7, 11) is 1.54. The van der Waals surface area contributed by atoms with Crippen LogP contribution in [0.2, 0.25) is 0 Å². The second-order valence-electron chi connectivity index (χ2n) is 3.30. The molecule has 1 aromatic rings. The molecular formula is C12H16BrNO3. The second-order valence-corrected chi connectivity index (χ2v) is 4.21. The molecule has 1 N–H and O–H groups in total. The predicted molar refractivity (Wildman–Crippen MR) is 69.5 cm³/mol. The molecule has 94 valence electrons. The van der Waals surface area contributed by atoms with Crippen molar-refractivity contribution in [1.29, 1.82) is 0 Å². The van der Waals surface area contributed by atoms with E-state index >= 15 is 0 Å². The minimum atomic E-state index is -0.158. The standard InChI is InChI=1S/C12H16BrNO3/c1-3-17-7-6-14-12(15)10-5-4-9(13)8-11(10)16-2/h4-5,8H,3,6-7H2,1-2H3,(H,14,15). The summed E-state index contributed by atoms with van der Waals surface area (Å²) in [6.07, 6.45) is 0. The molecule has 1 rings (SSSR count). The fraction of sp³-hybridized carbons (Fsp3) is 0.417. The van der Waals surface area contributed by atoms with Crippen molar-refractivity contribution in [2.75, 3.05) is 26.9 Å². The van der Waals surface area contributed by atoms with Crippen molar-refractivity contribution in [1.82, 2.24) is 5.32 Å². The highest BCUT2D eigenvalue weighted by Gasteiger charge is 2.11. The highest BCUT2D eigenvalue weighted by molar-refractivity contribution is 9.10. The zero-order valence-corrected chi connectivity index (χ0v) is 11.5. The molecule has 0 saturated carbocycles. The average molecular weight is 302 g/mol. The number of hydrogen-bond acceptors (Lipinski definition) is 3. The molecule has 0 aliphatic rings. The largest absolute Gasteiger partial charge is 0.496 e. The van der Waals surface area contributed by atoms with E-state index in [9.17, 15) is 4.79 Å². The zero-order valence-electron chi connectivity index (χ0n) is 9.96. The lowest BCUT2D eigenvalue weighted by molar-refractivity contribution is 0.0919. The maximum absolute atomic E-state index is 11.8. The highest BCUT2D eigenvalue weighted by Crippen LogP contribution is 2.23. The molecule has 0 bridgehead atoms. The maximum Gasteiger partial charge on any atom is 0.255 e. The Morgan fingerprint density at radius 3 is 2.88 bits per heavy atom. The Morgan fingerprint density at radius 2 is 2.24 bits per heavy atom. The van der Waals surface area contributed by atoms with Crippen molar-refractivity contribution in [2.24, 2.45) is 0 Å². The quantitative estimate of drug-likeness (QED) is 0.820. The number of hydrogen-bond donors (Lipinski definition) is 1. The van der Waals surface area contributed by atoms with Crippen LogP contribution < -0.4 is 10.1 Å². The van der Waals surface area contributed by atoms with E-state index in [0.29, 0.717) is 31.1 Å². The Kier molecular flexibility index (Phi) is 6.00. The van der Waals surface area contributed by atoms with Crippen LogP contribution in [0, 0.1) is 0 Å². The summed E-state index contributed by atoms with van der Waals surface area (Å²) in [6.45, 7) is 3.57. The summed E-state index contributed by atoms with van der Waals surface area (Å²) in [5.74, 6) is 0.391. The molecule has 0 spiro atoms. The number of nitrogens with one attached hydrogen (secondary N) is 1. The number of carbonyl (C=O) groups excluding carboxylic acids is 1. The van der Waals surface area contributed by atoms with Gasteiger partial charge >= 0.3 is 0 Å². The number of rotatable bonds is 6. The molecule has 0 radical (unpaired) electrons. The Hall–Kier alpha value is -1.07. The van der Waals surface area contributed by atoms with Gasteiger partial charge in [0.25, 0.3) is 5.91 Å². The van der Waals surface area contributed by atoms with Gasteiger partial charge in [-0.1, -0.05) is 15.9 Å². The van der Waals surface area contributed by atoms with Crippen LogP contribution in [0.15, 0.2) is 22.7 Å². The number of carbonyl (C=O) groups is 1. The third kappa shape index (κ3) is 4.36. The van der Waals surface area contributed by atoms with Gasteiger partial charge in [0.05, 0.1) is 19.3 Å². The second kappa shape index (κ2) is 7.29. The van der Waals surface area contributed by atoms with E-state index in [1.807, 2.05) is 6.92 Å². The summed E-state index contributed by atoms with van der Waals surface area (Å²) < 4.78 is 11.2. The lowest BCUT2D eigenvalue weighted by Crippen LogP contribution is -2.27. The number of methoxy groups -OCH3 is 1. The van der Waals surface area contributed by atoms with Crippen LogP contribution >= 0.6 is 15.9 Å². The summed E-state index contributed by atoms with van der Waals surface area (Å²) in [4.78, 5) is 11.8. The first-order valence-electron chi connectivity index (χ1n) is 5.38. The van der Waals surface area contributed by atoms with Crippen LogP contribution in [0.4, 0.5) is 0 Å². The number of benzene rings is 1. The molecular weight excluding hydrogens is 286 g/mol. The first-order valence-corrected chi connectivity index (χ1v) is 6.17. The van der Waals surface area contributed by atoms with Crippen molar-refractivity contribution >= 4 is 21.8 Å². The Labute approximate surface area is 109 Å². The van der Waals surface area contributed by atoms with E-state index in [1.54, 1.807) is 25.3 Å². The lowest BCUT2D eigenvalue weighted by atomic mass is 10.2. The summed E-state index contributed by atoms with van der Waals surface area (Å²) >= 11 is 3.33. The Bertz CT molecular complexity index is 382. The molecule has 0 heterocycles. The van der Waals surface area contributed by atoms with Crippen molar-refractivity contribution in [3.8, 4) is 5.75 Å². The van der Waals surface area contributed by atoms with Crippen molar-refractivity contribution in [3.05, 3.63) is 28.2 Å². The number of amides is 1. The van der Waals surface area contributed by atoms with Crippen molar-refractivity contribution in [2.45, 2.75) is 6.92 Å². The molecule has 0 unspecified atom stereocenters. The summed E-state index contributed by atoms with van der Waals surface area (Å²) in [5, 5.41) is 2.77. The van der Waals surface area contributed by atoms with Crippen LogP contribution in [0.25, 0.3) is 0 Å². The fourth-order valence-electron chi connectivity index (χ4n) is 1.33. The Morgan fingerprint density at radius 1 is 1.47 bits per heavy atom. The van der Waals surface area contributed by atoms with Gasteiger partial charge in [-0.2, -0.15) is 0 Å². The number of ether oxygens (including phenoxy) is 2. The minimum absolute atomic E-state index is 0.158. The van der Waals surface area contributed by atoms with Gasteiger partial charge in [-0.3, -0.25) is 4.79 Å². The van der Waals surface area contributed by atoms with Gasteiger partial charge in [0.2, 0.25) is 0 Å². The SMILES string of the molecule is CCOCCNC(=O)c1ccc(Br)cc1OC. The van der Waals surface area contributed by atoms with E-state index < -0.39 is 0 Å². The maximum atomic E-state index is 11.8. The highest BCUT2D eigenvalue weighted by atomic mass is 79.9. The lowest BCUT2D eigenvalue weighted by Gasteiger charge is -2.09. The van der Waals surface area contributed by atoms with Gasteiger partial charge in [-0.05, 0) is 25.1 Å². The fourth-order valence-corrected chi connectivity index (χ4v) is 1.67. The molecule has 1 amide bonds. The zero-order chi connectivity index (χ0) is 12.7. The molecule has 1 aromatic carbocycles. The van der Waals surface area contributed by atoms with Gasteiger partial charge < -0.3 is 14.8 Å². The smallest absolute Gasteiger partial charge is 0.255 e. The van der Waals surface area contributed by atoms with Gasteiger partial charge in [-0.25, -0.2) is 0 Å². The monoisotopic (exact) mass is 301 g/mol. The van der Waals surface area contributed by atoms with E-state index in [4.69, 9.17) is 9.47 Å². The summed E-state index contributed by atoms with van der Waals surface area (Å²) in [6, 6.07) is 5.29. The predicted octanol–water partition coefficient (Wildman–Crippen LogP) is 2.22. The third-order valence-electron chi connectivity index (χ3n) is 2.14. The van der Waals surface area contributed by atoms with Gasteiger partial charge in [0, 0.05) is 17.6 Å². The minimum Gasteiger partial charge on any atom is -0.496 e. The topological polar surface area (TPSA) is 47.6 Å². The first-order chi connectivity index (χ1) is 8.19. The molecule has 0 aliphatic carbocycles. The van der Waals surface area contributed by atoms with Gasteiger partial charge in [0.15, 0.2) is 0 Å². The van der Waals surface area contributed by atoms with Gasteiger partial charge in [-0.15, -0.1) is 0 Å². The molecule has 0 fully saturated rings. The molecule has 0 atom stereocenters. The van der Waals surface area contributed by atoms with E-state index in [2.05, 4.69) is 21.2 Å². The molecule has 0 saturated heterocycles. The molecule has 4 nitrogen and oxygen atoms in total. The van der Waals surface area contributed by atoms with E-state index in [0.717, 1.165) is 4.47 Å². The molecule has 0 aliphatic heterocycles. The van der Waals surface area contributed by atoms with Gasteiger partial charge in [0.1, 0.15) is 5.75 Å². The van der Waals surface area contributed by atoms with E-state index in [-0.39, 0.29) is 5.91 Å². The van der Waals surface area contributed by atoms with Crippen molar-refractivity contribution in [3.63, 3.8) is 0 Å².